The van der Waals surface area contributed by atoms with Gasteiger partial charge in [0, 0.05) is 42.3 Å². The van der Waals surface area contributed by atoms with Gasteiger partial charge in [0.25, 0.3) is 0 Å². The van der Waals surface area contributed by atoms with Gasteiger partial charge < -0.3 is 10.6 Å². The molecule has 6 heteroatoms. The Morgan fingerprint density at radius 3 is 3.13 bits per heavy atom. The molecular weight excluding hydrogens is 308 g/mol. The van der Waals surface area contributed by atoms with E-state index in [0.29, 0.717) is 12.6 Å². The lowest BCUT2D eigenvalue weighted by Crippen LogP contribution is -2.51. The highest BCUT2D eigenvalue weighted by Crippen LogP contribution is 2.24. The number of nitrogens with zero attached hydrogens (tertiary/aromatic N) is 2. The minimum absolute atomic E-state index is 0.0327. The quantitative estimate of drug-likeness (QED) is 0.903. The van der Waals surface area contributed by atoms with Crippen molar-refractivity contribution in [1.82, 2.24) is 15.2 Å². The van der Waals surface area contributed by atoms with E-state index in [2.05, 4.69) is 27.4 Å². The average Bonchev–Trinajstić information content (AvgIpc) is 2.96. The maximum absolute atomic E-state index is 12.3. The van der Waals surface area contributed by atoms with Gasteiger partial charge in [-0.2, -0.15) is 0 Å². The number of hydrogen-bond donors (Lipinski definition) is 2. The normalized spacial score (nSPS) is 18.8. The molecule has 122 valence electrons. The summed E-state index contributed by atoms with van der Waals surface area (Å²) in [5.74, 6) is 0.0327. The Morgan fingerprint density at radius 1 is 1.52 bits per heavy atom. The van der Waals surface area contributed by atoms with Crippen molar-refractivity contribution in [3.63, 3.8) is 0 Å². The Hall–Kier alpha value is -1.76. The molecule has 2 heterocycles. The molecule has 1 aliphatic heterocycles. The zero-order chi connectivity index (χ0) is 16.2. The summed E-state index contributed by atoms with van der Waals surface area (Å²) in [6.07, 6.45) is 0. The Kier molecular flexibility index (Phi) is 5.05. The van der Waals surface area contributed by atoms with Crippen molar-refractivity contribution < 1.29 is 4.79 Å². The molecule has 1 atom stereocenters. The number of hydrogen-bond acceptors (Lipinski definition) is 5. The lowest BCUT2D eigenvalue weighted by molar-refractivity contribution is -0.118. The van der Waals surface area contributed by atoms with Gasteiger partial charge in [-0.05, 0) is 26.0 Å². The van der Waals surface area contributed by atoms with Crippen molar-refractivity contribution in [1.29, 1.82) is 0 Å². The van der Waals surface area contributed by atoms with Crippen LogP contribution < -0.4 is 10.6 Å². The first-order chi connectivity index (χ1) is 11.1. The number of amides is 1. The summed E-state index contributed by atoms with van der Waals surface area (Å²) in [6, 6.07) is 8.25. The molecule has 1 aromatic heterocycles. The largest absolute Gasteiger partial charge is 0.325 e. The maximum Gasteiger partial charge on any atom is 0.238 e. The molecule has 0 radical (unpaired) electrons. The molecule has 5 nitrogen and oxygen atoms in total. The second-order valence-electron chi connectivity index (χ2n) is 5.90. The summed E-state index contributed by atoms with van der Waals surface area (Å²) in [6.45, 7) is 7.36. The SMILES string of the molecule is Cc1nc(-c2cccc(NC(=O)CN3CCNC[C@@H]3C)c2)cs1. The van der Waals surface area contributed by atoms with Crippen LogP contribution in [0.2, 0.25) is 0 Å². The van der Waals surface area contributed by atoms with Gasteiger partial charge in [-0.25, -0.2) is 4.98 Å². The molecule has 0 unspecified atom stereocenters. The highest BCUT2D eigenvalue weighted by atomic mass is 32.1. The zero-order valence-corrected chi connectivity index (χ0v) is 14.3. The first-order valence-corrected chi connectivity index (χ1v) is 8.77. The summed E-state index contributed by atoms with van der Waals surface area (Å²) in [4.78, 5) is 19.0. The molecule has 3 rings (SSSR count). The Morgan fingerprint density at radius 2 is 2.39 bits per heavy atom. The molecule has 23 heavy (non-hydrogen) atoms. The lowest BCUT2D eigenvalue weighted by Gasteiger charge is -2.33. The molecule has 2 aromatic rings. The highest BCUT2D eigenvalue weighted by Gasteiger charge is 2.20. The van der Waals surface area contributed by atoms with Gasteiger partial charge in [0.05, 0.1) is 17.2 Å². The van der Waals surface area contributed by atoms with Gasteiger partial charge in [0.1, 0.15) is 0 Å². The van der Waals surface area contributed by atoms with E-state index < -0.39 is 0 Å². The number of rotatable bonds is 4. The minimum Gasteiger partial charge on any atom is -0.325 e. The van der Waals surface area contributed by atoms with Gasteiger partial charge >= 0.3 is 0 Å². The van der Waals surface area contributed by atoms with Crippen LogP contribution in [0.25, 0.3) is 11.3 Å². The van der Waals surface area contributed by atoms with Gasteiger partial charge in [-0.15, -0.1) is 11.3 Å². The highest BCUT2D eigenvalue weighted by molar-refractivity contribution is 7.09. The molecule has 1 amide bonds. The van der Waals surface area contributed by atoms with E-state index in [0.717, 1.165) is 41.6 Å². The van der Waals surface area contributed by atoms with Gasteiger partial charge in [0.15, 0.2) is 0 Å². The Bertz CT molecular complexity index is 685. The van der Waals surface area contributed by atoms with Crippen molar-refractivity contribution in [3.05, 3.63) is 34.7 Å². The second kappa shape index (κ2) is 7.21. The third-order valence-electron chi connectivity index (χ3n) is 4.05. The number of carbonyl (C=O) groups is 1. The smallest absolute Gasteiger partial charge is 0.238 e. The standard InChI is InChI=1S/C17H22N4OS/c1-12-9-18-6-7-21(12)10-17(22)20-15-5-3-4-14(8-15)16-11-23-13(2)19-16/h3-5,8,11-12,18H,6-7,9-10H2,1-2H3,(H,20,22)/t12-/m0/s1. The van der Waals surface area contributed by atoms with Crippen molar-refractivity contribution in [2.45, 2.75) is 19.9 Å². The van der Waals surface area contributed by atoms with Crippen LogP contribution in [-0.4, -0.2) is 48.0 Å². The van der Waals surface area contributed by atoms with Gasteiger partial charge in [-0.3, -0.25) is 9.69 Å². The van der Waals surface area contributed by atoms with E-state index in [4.69, 9.17) is 0 Å². The van der Waals surface area contributed by atoms with Crippen LogP contribution in [0.15, 0.2) is 29.6 Å². The fourth-order valence-electron chi connectivity index (χ4n) is 2.76. The lowest BCUT2D eigenvalue weighted by atomic mass is 10.1. The van der Waals surface area contributed by atoms with Gasteiger partial charge in [-0.1, -0.05) is 12.1 Å². The summed E-state index contributed by atoms with van der Waals surface area (Å²) < 4.78 is 0. The predicted octanol–water partition coefficient (Wildman–Crippen LogP) is 2.35. The second-order valence-corrected chi connectivity index (χ2v) is 6.97. The van der Waals surface area contributed by atoms with Crippen LogP contribution in [0.4, 0.5) is 5.69 Å². The minimum atomic E-state index is 0.0327. The van der Waals surface area contributed by atoms with Crippen molar-refractivity contribution >= 4 is 22.9 Å². The summed E-state index contributed by atoms with van der Waals surface area (Å²) in [7, 11) is 0. The molecule has 0 bridgehead atoms. The van der Waals surface area contributed by atoms with Crippen molar-refractivity contribution in [2.24, 2.45) is 0 Å². The monoisotopic (exact) mass is 330 g/mol. The number of benzene rings is 1. The number of carbonyl (C=O) groups excluding carboxylic acids is 1. The van der Waals surface area contributed by atoms with Crippen LogP contribution in [-0.2, 0) is 4.79 Å². The van der Waals surface area contributed by atoms with Crippen LogP contribution in [0.3, 0.4) is 0 Å². The van der Waals surface area contributed by atoms with Crippen molar-refractivity contribution in [3.8, 4) is 11.3 Å². The molecular formula is C17H22N4OS. The van der Waals surface area contributed by atoms with E-state index in [-0.39, 0.29) is 5.91 Å². The molecule has 1 aliphatic rings. The summed E-state index contributed by atoms with van der Waals surface area (Å²) in [5.41, 5.74) is 2.81. The van der Waals surface area contributed by atoms with E-state index in [1.54, 1.807) is 11.3 Å². The number of thiazole rings is 1. The first kappa shape index (κ1) is 16.1. The van der Waals surface area contributed by atoms with E-state index in [1.807, 2.05) is 36.6 Å². The average molecular weight is 330 g/mol. The zero-order valence-electron chi connectivity index (χ0n) is 13.5. The molecule has 1 fully saturated rings. The summed E-state index contributed by atoms with van der Waals surface area (Å²) >= 11 is 1.63. The van der Waals surface area contributed by atoms with Crippen LogP contribution >= 0.6 is 11.3 Å². The first-order valence-electron chi connectivity index (χ1n) is 7.89. The molecule has 0 spiro atoms. The Balaban J connectivity index is 1.64. The molecule has 0 aliphatic carbocycles. The van der Waals surface area contributed by atoms with E-state index in [9.17, 15) is 4.79 Å². The molecule has 2 N–H and O–H groups in total. The molecule has 1 aromatic carbocycles. The fraction of sp³-hybridized carbons (Fsp3) is 0.412. The van der Waals surface area contributed by atoms with Crippen LogP contribution in [0.1, 0.15) is 11.9 Å². The van der Waals surface area contributed by atoms with E-state index in [1.165, 1.54) is 0 Å². The van der Waals surface area contributed by atoms with Crippen LogP contribution in [0.5, 0.6) is 0 Å². The third-order valence-corrected chi connectivity index (χ3v) is 4.82. The number of aromatic nitrogens is 1. The van der Waals surface area contributed by atoms with Crippen molar-refractivity contribution in [2.75, 3.05) is 31.5 Å². The number of nitrogens with one attached hydrogen (secondary N) is 2. The fourth-order valence-corrected chi connectivity index (χ4v) is 3.38. The number of aryl methyl sites for hydroxylation is 1. The Labute approximate surface area is 140 Å². The number of piperazine rings is 1. The molecule has 0 saturated carbocycles. The summed E-state index contributed by atoms with van der Waals surface area (Å²) in [5, 5.41) is 9.42. The third kappa shape index (κ3) is 4.16. The van der Waals surface area contributed by atoms with E-state index >= 15 is 0 Å². The molecule has 1 saturated heterocycles. The maximum atomic E-state index is 12.3. The topological polar surface area (TPSA) is 57.3 Å². The predicted molar refractivity (Wildman–Crippen MR) is 94.8 cm³/mol. The number of anilines is 1. The van der Waals surface area contributed by atoms with Crippen LogP contribution in [0, 0.1) is 6.92 Å². The van der Waals surface area contributed by atoms with Gasteiger partial charge in [0.2, 0.25) is 5.91 Å².